The highest BCUT2D eigenvalue weighted by Crippen LogP contribution is 2.26. The molecule has 0 spiro atoms. The van der Waals surface area contributed by atoms with E-state index in [0.717, 1.165) is 6.42 Å². The van der Waals surface area contributed by atoms with Gasteiger partial charge in [0.1, 0.15) is 0 Å². The second kappa shape index (κ2) is 6.69. The highest BCUT2D eigenvalue weighted by Gasteiger charge is 2.22. The first kappa shape index (κ1) is 13.2. The molecule has 0 aromatic heterocycles. The van der Waals surface area contributed by atoms with Gasteiger partial charge in [-0.2, -0.15) is 0 Å². The lowest BCUT2D eigenvalue weighted by atomic mass is 9.88. The molecule has 3 heteroatoms. The fourth-order valence-corrected chi connectivity index (χ4v) is 2.03. The van der Waals surface area contributed by atoms with Gasteiger partial charge >= 0.3 is 5.97 Å². The Morgan fingerprint density at radius 2 is 2.06 bits per heavy atom. The quantitative estimate of drug-likeness (QED) is 0.534. The number of esters is 1. The van der Waals surface area contributed by atoms with Crippen molar-refractivity contribution in [1.29, 1.82) is 0 Å². The van der Waals surface area contributed by atoms with E-state index in [1.165, 1.54) is 19.3 Å². The van der Waals surface area contributed by atoms with Crippen molar-refractivity contribution in [2.45, 2.75) is 45.6 Å². The second-order valence-corrected chi connectivity index (χ2v) is 4.44. The van der Waals surface area contributed by atoms with Crippen LogP contribution in [0.1, 0.15) is 39.5 Å². The molecule has 1 saturated carbocycles. The van der Waals surface area contributed by atoms with E-state index in [1.54, 1.807) is 6.92 Å². The van der Waals surface area contributed by atoms with E-state index in [1.807, 2.05) is 0 Å². The van der Waals surface area contributed by atoms with Crippen LogP contribution in [0, 0.1) is 5.92 Å². The molecule has 2 atom stereocenters. The van der Waals surface area contributed by atoms with Gasteiger partial charge in [0.25, 0.3) is 0 Å². The van der Waals surface area contributed by atoms with Crippen molar-refractivity contribution < 1.29 is 14.3 Å². The van der Waals surface area contributed by atoms with E-state index in [4.69, 9.17) is 9.47 Å². The summed E-state index contributed by atoms with van der Waals surface area (Å²) in [7, 11) is 0. The van der Waals surface area contributed by atoms with Crippen LogP contribution in [0.3, 0.4) is 0 Å². The molecule has 92 valence electrons. The Bertz CT molecular complexity index is 248. The molecule has 3 nitrogen and oxygen atoms in total. The Kier molecular flexibility index (Phi) is 5.53. The third kappa shape index (κ3) is 3.97. The fourth-order valence-electron chi connectivity index (χ4n) is 2.03. The Morgan fingerprint density at radius 3 is 2.69 bits per heavy atom. The molecule has 0 heterocycles. The third-order valence-electron chi connectivity index (χ3n) is 3.07. The molecular weight excluding hydrogens is 204 g/mol. The molecule has 0 bridgehead atoms. The summed E-state index contributed by atoms with van der Waals surface area (Å²) in [4.78, 5) is 11.3. The van der Waals surface area contributed by atoms with E-state index in [-0.39, 0.29) is 12.1 Å². The molecule has 0 aliphatic heterocycles. The molecule has 0 saturated heterocycles. The first-order valence-corrected chi connectivity index (χ1v) is 6.11. The van der Waals surface area contributed by atoms with Gasteiger partial charge in [-0.1, -0.05) is 26.3 Å². The third-order valence-corrected chi connectivity index (χ3v) is 3.07. The largest absolute Gasteiger partial charge is 0.463 e. The van der Waals surface area contributed by atoms with Crippen molar-refractivity contribution >= 4 is 5.97 Å². The predicted octanol–water partition coefficient (Wildman–Crippen LogP) is 2.70. The lowest BCUT2D eigenvalue weighted by Crippen LogP contribution is -2.27. The Balaban J connectivity index is 2.27. The molecule has 1 fully saturated rings. The highest BCUT2D eigenvalue weighted by atomic mass is 16.5. The summed E-state index contributed by atoms with van der Waals surface area (Å²) < 4.78 is 10.6. The summed E-state index contributed by atoms with van der Waals surface area (Å²) in [5, 5.41) is 0. The summed E-state index contributed by atoms with van der Waals surface area (Å²) in [5.74, 6) is 0.245. The van der Waals surface area contributed by atoms with Crippen molar-refractivity contribution in [3.05, 3.63) is 12.2 Å². The minimum Gasteiger partial charge on any atom is -0.463 e. The first-order valence-electron chi connectivity index (χ1n) is 6.11. The topological polar surface area (TPSA) is 35.5 Å². The average molecular weight is 226 g/mol. The summed E-state index contributed by atoms with van der Waals surface area (Å²) in [6, 6.07) is 0. The molecule has 0 N–H and O–H groups in total. The maximum absolute atomic E-state index is 11.3. The van der Waals surface area contributed by atoms with Gasteiger partial charge in [-0.15, -0.1) is 0 Å². The molecule has 0 amide bonds. The van der Waals surface area contributed by atoms with Gasteiger partial charge in [0, 0.05) is 0 Å². The van der Waals surface area contributed by atoms with E-state index in [9.17, 15) is 4.79 Å². The van der Waals surface area contributed by atoms with Crippen LogP contribution >= 0.6 is 0 Å². The van der Waals surface area contributed by atoms with Gasteiger partial charge in [0.15, 0.2) is 0 Å². The van der Waals surface area contributed by atoms with Crippen LogP contribution in [0.4, 0.5) is 0 Å². The summed E-state index contributed by atoms with van der Waals surface area (Å²) >= 11 is 0. The van der Waals surface area contributed by atoms with Crippen molar-refractivity contribution in [3.63, 3.8) is 0 Å². The van der Waals surface area contributed by atoms with Crippen molar-refractivity contribution in [2.24, 2.45) is 5.92 Å². The van der Waals surface area contributed by atoms with Crippen LogP contribution in [-0.2, 0) is 14.3 Å². The molecular formula is C13H22O3. The maximum Gasteiger partial charge on any atom is 0.335 e. The predicted molar refractivity (Wildman–Crippen MR) is 63.1 cm³/mol. The van der Waals surface area contributed by atoms with Gasteiger partial charge < -0.3 is 9.47 Å². The van der Waals surface area contributed by atoms with E-state index >= 15 is 0 Å². The van der Waals surface area contributed by atoms with Crippen LogP contribution in [0.2, 0.25) is 0 Å². The zero-order chi connectivity index (χ0) is 12.0. The number of carbonyl (C=O) groups is 1. The first-order chi connectivity index (χ1) is 7.65. The van der Waals surface area contributed by atoms with Crippen LogP contribution in [0.25, 0.3) is 0 Å². The highest BCUT2D eigenvalue weighted by molar-refractivity contribution is 5.87. The SMILES string of the molecule is C=C(COC1CCCCC1C)C(=O)OCC. The van der Waals surface area contributed by atoms with Crippen LogP contribution < -0.4 is 0 Å². The number of rotatable bonds is 5. The monoisotopic (exact) mass is 226 g/mol. The fraction of sp³-hybridized carbons (Fsp3) is 0.769. The Labute approximate surface area is 97.8 Å². The molecule has 0 radical (unpaired) electrons. The van der Waals surface area contributed by atoms with Gasteiger partial charge in [-0.05, 0) is 25.7 Å². The number of ether oxygens (including phenoxy) is 2. The van der Waals surface area contributed by atoms with Gasteiger partial charge in [-0.3, -0.25) is 0 Å². The summed E-state index contributed by atoms with van der Waals surface area (Å²) in [5.41, 5.74) is 0.416. The molecule has 16 heavy (non-hydrogen) atoms. The number of carbonyl (C=O) groups excluding carboxylic acids is 1. The van der Waals surface area contributed by atoms with E-state index < -0.39 is 0 Å². The number of hydrogen-bond donors (Lipinski definition) is 0. The zero-order valence-corrected chi connectivity index (χ0v) is 10.3. The Morgan fingerprint density at radius 1 is 1.38 bits per heavy atom. The smallest absolute Gasteiger partial charge is 0.335 e. The molecule has 1 aliphatic carbocycles. The minimum atomic E-state index is -0.342. The number of hydrogen-bond acceptors (Lipinski definition) is 3. The van der Waals surface area contributed by atoms with Crippen LogP contribution in [0.5, 0.6) is 0 Å². The van der Waals surface area contributed by atoms with E-state index in [0.29, 0.717) is 24.7 Å². The lowest BCUT2D eigenvalue weighted by Gasteiger charge is -2.28. The average Bonchev–Trinajstić information content (AvgIpc) is 2.28. The van der Waals surface area contributed by atoms with Crippen LogP contribution in [-0.4, -0.2) is 25.3 Å². The molecule has 2 unspecified atom stereocenters. The molecule has 0 aromatic carbocycles. The van der Waals surface area contributed by atoms with E-state index in [2.05, 4.69) is 13.5 Å². The van der Waals surface area contributed by atoms with Gasteiger partial charge in [0.2, 0.25) is 0 Å². The summed E-state index contributed by atoms with van der Waals surface area (Å²) in [6.45, 7) is 8.36. The van der Waals surface area contributed by atoms with Gasteiger partial charge in [0.05, 0.1) is 24.9 Å². The molecule has 0 aromatic rings. The van der Waals surface area contributed by atoms with Gasteiger partial charge in [-0.25, -0.2) is 4.79 Å². The maximum atomic E-state index is 11.3. The second-order valence-electron chi connectivity index (χ2n) is 4.44. The van der Waals surface area contributed by atoms with Crippen molar-refractivity contribution in [1.82, 2.24) is 0 Å². The Hall–Kier alpha value is -0.830. The zero-order valence-electron chi connectivity index (χ0n) is 10.3. The van der Waals surface area contributed by atoms with Crippen LogP contribution in [0.15, 0.2) is 12.2 Å². The molecule has 1 aliphatic rings. The molecule has 1 rings (SSSR count). The lowest BCUT2D eigenvalue weighted by molar-refractivity contribution is -0.139. The van der Waals surface area contributed by atoms with Crippen molar-refractivity contribution in [3.8, 4) is 0 Å². The standard InChI is InChI=1S/C13H22O3/c1-4-15-13(14)11(3)9-16-12-8-6-5-7-10(12)2/h10,12H,3-9H2,1-2H3. The minimum absolute atomic E-state index is 0.278. The summed E-state index contributed by atoms with van der Waals surface area (Å²) in [6.07, 6.45) is 5.11. The van der Waals surface area contributed by atoms with Crippen molar-refractivity contribution in [2.75, 3.05) is 13.2 Å². The normalized spacial score (nSPS) is 25.1.